The first-order valence-corrected chi connectivity index (χ1v) is 7.72. The first-order chi connectivity index (χ1) is 10.2. The molecule has 1 aliphatic rings. The van der Waals surface area contributed by atoms with E-state index in [-0.39, 0.29) is 24.1 Å². The first-order valence-electron chi connectivity index (χ1n) is 7.72. The van der Waals surface area contributed by atoms with Crippen molar-refractivity contribution in [3.63, 3.8) is 0 Å². The number of hydrogen-bond acceptors (Lipinski definition) is 4. The number of hydrogen-bond donors (Lipinski definition) is 1. The van der Waals surface area contributed by atoms with Gasteiger partial charge in [-0.1, -0.05) is 12.1 Å². The Kier molecular flexibility index (Phi) is 5.76. The maximum absolute atomic E-state index is 11.6. The number of carbonyl (C=O) groups excluding carboxylic acids is 1. The van der Waals surface area contributed by atoms with Gasteiger partial charge in [-0.3, -0.25) is 0 Å². The third kappa shape index (κ3) is 4.05. The molecule has 0 bridgehead atoms. The monoisotopic (exact) mass is 292 g/mol. The predicted molar refractivity (Wildman–Crippen MR) is 80.4 cm³/mol. The molecule has 116 valence electrons. The Morgan fingerprint density at radius 2 is 1.90 bits per heavy atom. The normalized spacial score (nSPS) is 25.6. The molecule has 0 amide bonds. The molecule has 0 radical (unpaired) electrons. The number of aliphatic hydroxyl groups excluding tert-OH is 1. The molecule has 2 rings (SSSR count). The van der Waals surface area contributed by atoms with E-state index in [2.05, 4.69) is 0 Å². The highest BCUT2D eigenvalue weighted by Crippen LogP contribution is 2.34. The van der Waals surface area contributed by atoms with Gasteiger partial charge in [-0.25, -0.2) is 4.79 Å². The summed E-state index contributed by atoms with van der Waals surface area (Å²) in [6.45, 7) is 4.86. The van der Waals surface area contributed by atoms with Gasteiger partial charge in [-0.15, -0.1) is 0 Å². The van der Waals surface area contributed by atoms with Crippen molar-refractivity contribution < 1.29 is 19.4 Å². The van der Waals surface area contributed by atoms with Crippen LogP contribution in [-0.2, 0) is 9.47 Å². The SMILES string of the molecule is CCOC(=O)c1ccc(C2CC(OCC)CCC2O)cc1. The van der Waals surface area contributed by atoms with Crippen molar-refractivity contribution in [2.75, 3.05) is 13.2 Å². The molecule has 1 aliphatic carbocycles. The average molecular weight is 292 g/mol. The van der Waals surface area contributed by atoms with Crippen LogP contribution in [-0.4, -0.2) is 36.5 Å². The van der Waals surface area contributed by atoms with E-state index in [1.165, 1.54) is 0 Å². The third-order valence-corrected chi connectivity index (χ3v) is 4.02. The molecule has 0 spiro atoms. The molecule has 0 heterocycles. The fourth-order valence-electron chi connectivity index (χ4n) is 2.94. The lowest BCUT2D eigenvalue weighted by Gasteiger charge is -2.33. The summed E-state index contributed by atoms with van der Waals surface area (Å²) in [7, 11) is 0. The lowest BCUT2D eigenvalue weighted by Crippen LogP contribution is -2.31. The second kappa shape index (κ2) is 7.57. The molecule has 1 fully saturated rings. The van der Waals surface area contributed by atoms with Crippen molar-refractivity contribution in [3.8, 4) is 0 Å². The summed E-state index contributed by atoms with van der Waals surface area (Å²) < 4.78 is 10.7. The van der Waals surface area contributed by atoms with Crippen LogP contribution < -0.4 is 0 Å². The zero-order valence-corrected chi connectivity index (χ0v) is 12.7. The molecule has 1 N–H and O–H groups in total. The van der Waals surface area contributed by atoms with E-state index < -0.39 is 0 Å². The Morgan fingerprint density at radius 1 is 1.19 bits per heavy atom. The van der Waals surface area contributed by atoms with Crippen LogP contribution in [0.3, 0.4) is 0 Å². The Morgan fingerprint density at radius 3 is 2.52 bits per heavy atom. The summed E-state index contributed by atoms with van der Waals surface area (Å²) in [6, 6.07) is 7.36. The van der Waals surface area contributed by atoms with Crippen LogP contribution in [0.4, 0.5) is 0 Å². The molecule has 4 heteroatoms. The summed E-state index contributed by atoms with van der Waals surface area (Å²) in [5.41, 5.74) is 1.60. The van der Waals surface area contributed by atoms with E-state index in [4.69, 9.17) is 9.47 Å². The van der Waals surface area contributed by atoms with Gasteiger partial charge in [0.2, 0.25) is 0 Å². The average Bonchev–Trinajstić information content (AvgIpc) is 2.50. The minimum absolute atomic E-state index is 0.0755. The van der Waals surface area contributed by atoms with Gasteiger partial charge in [0.05, 0.1) is 24.4 Å². The van der Waals surface area contributed by atoms with Gasteiger partial charge in [0.15, 0.2) is 0 Å². The van der Waals surface area contributed by atoms with Crippen molar-refractivity contribution in [1.82, 2.24) is 0 Å². The number of rotatable bonds is 5. The molecule has 21 heavy (non-hydrogen) atoms. The molecular weight excluding hydrogens is 268 g/mol. The van der Waals surface area contributed by atoms with Crippen LogP contribution in [0, 0.1) is 0 Å². The van der Waals surface area contributed by atoms with Crippen LogP contribution in [0.15, 0.2) is 24.3 Å². The van der Waals surface area contributed by atoms with Crippen molar-refractivity contribution in [1.29, 1.82) is 0 Å². The van der Waals surface area contributed by atoms with E-state index in [0.717, 1.165) is 24.8 Å². The fraction of sp³-hybridized carbons (Fsp3) is 0.588. The maximum atomic E-state index is 11.6. The fourth-order valence-corrected chi connectivity index (χ4v) is 2.94. The van der Waals surface area contributed by atoms with E-state index in [9.17, 15) is 9.90 Å². The van der Waals surface area contributed by atoms with Gasteiger partial charge in [0.1, 0.15) is 0 Å². The quantitative estimate of drug-likeness (QED) is 0.848. The van der Waals surface area contributed by atoms with Crippen molar-refractivity contribution in [2.24, 2.45) is 0 Å². The Hall–Kier alpha value is -1.39. The van der Waals surface area contributed by atoms with Gasteiger partial charge in [-0.05, 0) is 50.8 Å². The lowest BCUT2D eigenvalue weighted by molar-refractivity contribution is -0.00951. The number of aliphatic hydroxyl groups is 1. The number of benzene rings is 1. The van der Waals surface area contributed by atoms with Crippen molar-refractivity contribution in [3.05, 3.63) is 35.4 Å². The summed E-state index contributed by atoms with van der Waals surface area (Å²) in [5.74, 6) is -0.230. The Labute approximate surface area is 126 Å². The third-order valence-electron chi connectivity index (χ3n) is 4.02. The highest BCUT2D eigenvalue weighted by molar-refractivity contribution is 5.89. The molecule has 0 aliphatic heterocycles. The molecule has 1 saturated carbocycles. The van der Waals surface area contributed by atoms with Gasteiger partial charge >= 0.3 is 5.97 Å². The van der Waals surface area contributed by atoms with Crippen molar-refractivity contribution in [2.45, 2.75) is 51.2 Å². The second-order valence-electron chi connectivity index (χ2n) is 5.41. The number of ether oxygens (including phenoxy) is 2. The minimum atomic E-state index is -0.338. The van der Waals surface area contributed by atoms with Crippen LogP contribution >= 0.6 is 0 Å². The largest absolute Gasteiger partial charge is 0.462 e. The van der Waals surface area contributed by atoms with Gasteiger partial charge in [-0.2, -0.15) is 0 Å². The summed E-state index contributed by atoms with van der Waals surface area (Å²) in [6.07, 6.45) is 2.37. The Bertz CT molecular complexity index is 454. The highest BCUT2D eigenvalue weighted by Gasteiger charge is 2.30. The Balaban J connectivity index is 2.07. The molecule has 4 nitrogen and oxygen atoms in total. The van der Waals surface area contributed by atoms with Gasteiger partial charge in [0.25, 0.3) is 0 Å². The zero-order chi connectivity index (χ0) is 15.2. The van der Waals surface area contributed by atoms with E-state index >= 15 is 0 Å². The van der Waals surface area contributed by atoms with Crippen LogP contribution in [0.25, 0.3) is 0 Å². The molecule has 1 aromatic carbocycles. The molecule has 1 aromatic rings. The highest BCUT2D eigenvalue weighted by atomic mass is 16.5. The molecule has 3 unspecified atom stereocenters. The topological polar surface area (TPSA) is 55.8 Å². The standard InChI is InChI=1S/C17H24O4/c1-3-20-14-9-10-16(18)15(11-14)12-5-7-13(8-6-12)17(19)21-4-2/h5-8,14-16,18H,3-4,9-11H2,1-2H3. The summed E-state index contributed by atoms with van der Waals surface area (Å²) in [5, 5.41) is 10.2. The molecular formula is C17H24O4. The zero-order valence-electron chi connectivity index (χ0n) is 12.7. The van der Waals surface area contributed by atoms with Crippen LogP contribution in [0.5, 0.6) is 0 Å². The smallest absolute Gasteiger partial charge is 0.338 e. The maximum Gasteiger partial charge on any atom is 0.338 e. The summed E-state index contributed by atoms with van der Waals surface area (Å²) >= 11 is 0. The second-order valence-corrected chi connectivity index (χ2v) is 5.41. The number of carbonyl (C=O) groups is 1. The van der Waals surface area contributed by atoms with Crippen molar-refractivity contribution >= 4 is 5.97 Å². The van der Waals surface area contributed by atoms with Crippen LogP contribution in [0.1, 0.15) is 54.9 Å². The van der Waals surface area contributed by atoms with E-state index in [0.29, 0.717) is 18.8 Å². The molecule has 0 aromatic heterocycles. The predicted octanol–water partition coefficient (Wildman–Crippen LogP) is 2.90. The first kappa shape index (κ1) is 16.0. The van der Waals surface area contributed by atoms with E-state index in [1.807, 2.05) is 19.1 Å². The lowest BCUT2D eigenvalue weighted by atomic mass is 9.80. The van der Waals surface area contributed by atoms with Crippen LogP contribution in [0.2, 0.25) is 0 Å². The summed E-state index contributed by atoms with van der Waals surface area (Å²) in [4.78, 5) is 11.6. The number of esters is 1. The van der Waals surface area contributed by atoms with Gasteiger partial charge in [0, 0.05) is 12.5 Å². The molecule has 3 atom stereocenters. The minimum Gasteiger partial charge on any atom is -0.462 e. The molecule has 0 saturated heterocycles. The van der Waals surface area contributed by atoms with Gasteiger partial charge < -0.3 is 14.6 Å². The van der Waals surface area contributed by atoms with E-state index in [1.54, 1.807) is 19.1 Å².